The number of rotatable bonds is 4. The maximum absolute atomic E-state index is 10.3. The molecule has 5 heteroatoms. The predicted octanol–water partition coefficient (Wildman–Crippen LogP) is 9.53. The third-order valence-corrected chi connectivity index (χ3v) is 11.8. The van der Waals surface area contributed by atoms with E-state index in [-0.39, 0.29) is 5.41 Å². The van der Waals surface area contributed by atoms with E-state index in [1.54, 1.807) is 6.20 Å². The smallest absolute Gasteiger partial charge is 0.164 e. The van der Waals surface area contributed by atoms with Crippen LogP contribution in [-0.4, -0.2) is 19.9 Å². The van der Waals surface area contributed by atoms with Gasteiger partial charge < -0.3 is 0 Å². The zero-order chi connectivity index (χ0) is 31.8. The molecule has 6 aromatic rings. The van der Waals surface area contributed by atoms with Crippen molar-refractivity contribution in [1.82, 2.24) is 19.9 Å². The van der Waals surface area contributed by atoms with Crippen LogP contribution in [0.1, 0.15) is 48.8 Å². The van der Waals surface area contributed by atoms with E-state index in [9.17, 15) is 5.26 Å². The van der Waals surface area contributed by atoms with Crippen molar-refractivity contribution in [3.05, 3.63) is 132 Å². The molecule has 5 aliphatic carbocycles. The van der Waals surface area contributed by atoms with Gasteiger partial charge in [-0.1, -0.05) is 91.0 Å². The summed E-state index contributed by atoms with van der Waals surface area (Å²) in [6.45, 7) is 0. The molecular weight excluding hydrogens is 587 g/mol. The fourth-order valence-corrected chi connectivity index (χ4v) is 10.2. The molecule has 48 heavy (non-hydrogen) atoms. The molecule has 4 aromatic carbocycles. The van der Waals surface area contributed by atoms with Crippen molar-refractivity contribution in [3.8, 4) is 62.5 Å². The summed E-state index contributed by atoms with van der Waals surface area (Å²) in [4.78, 5) is 20.0. The quantitative estimate of drug-likeness (QED) is 0.196. The first-order chi connectivity index (χ1) is 23.7. The molecule has 0 atom stereocenters. The van der Waals surface area contributed by atoms with E-state index >= 15 is 0 Å². The third kappa shape index (κ3) is 4.02. The van der Waals surface area contributed by atoms with Crippen LogP contribution < -0.4 is 0 Å². The summed E-state index contributed by atoms with van der Waals surface area (Å²) in [7, 11) is 0. The number of nitrogens with zero attached hydrogens (tertiary/aromatic N) is 5. The Kier molecular flexibility index (Phi) is 6.05. The highest BCUT2D eigenvalue weighted by Gasteiger charge is 2.62. The first-order valence-corrected chi connectivity index (χ1v) is 17.2. The number of nitriles is 1. The highest BCUT2D eigenvalue weighted by atomic mass is 15.0. The van der Waals surface area contributed by atoms with Gasteiger partial charge in [0, 0.05) is 40.1 Å². The van der Waals surface area contributed by atoms with Gasteiger partial charge in [0.15, 0.2) is 17.5 Å². The van der Waals surface area contributed by atoms with Crippen LogP contribution in [0.5, 0.6) is 0 Å². The Hall–Kier alpha value is -5.47. The molecule has 4 fully saturated rings. The van der Waals surface area contributed by atoms with Gasteiger partial charge >= 0.3 is 0 Å². The molecule has 2 aromatic heterocycles. The summed E-state index contributed by atoms with van der Waals surface area (Å²) >= 11 is 0. The molecule has 0 amide bonds. The van der Waals surface area contributed by atoms with Gasteiger partial charge in [-0.3, -0.25) is 4.98 Å². The van der Waals surface area contributed by atoms with Crippen LogP contribution in [0.3, 0.4) is 0 Å². The SMILES string of the molecule is N#Cc1cncc2c1-c1ccc(-c3nc(-c4ccccc4)nc(-c4cccc(-c5ccccc5)c4)n3)cc1C21C2CC3CC(C2)CC1C3. The Balaban J connectivity index is 1.17. The fraction of sp³-hybridized carbons (Fsp3) is 0.233. The van der Waals surface area contributed by atoms with Crippen LogP contribution in [0, 0.1) is 35.0 Å². The molecule has 230 valence electrons. The Labute approximate surface area is 280 Å². The number of benzene rings is 4. The average Bonchev–Trinajstić information content (AvgIpc) is 3.44. The summed E-state index contributed by atoms with van der Waals surface area (Å²) in [6.07, 6.45) is 10.3. The van der Waals surface area contributed by atoms with Crippen molar-refractivity contribution < 1.29 is 0 Å². The maximum atomic E-state index is 10.3. The lowest BCUT2D eigenvalue weighted by atomic mass is 9.43. The van der Waals surface area contributed by atoms with Crippen molar-refractivity contribution in [2.24, 2.45) is 23.7 Å². The first-order valence-electron chi connectivity index (χ1n) is 17.2. The van der Waals surface area contributed by atoms with Gasteiger partial charge in [-0.05, 0) is 95.7 Å². The molecule has 4 saturated carbocycles. The minimum absolute atomic E-state index is 0.115. The Morgan fingerprint density at radius 2 is 1.12 bits per heavy atom. The van der Waals surface area contributed by atoms with E-state index < -0.39 is 0 Å². The van der Waals surface area contributed by atoms with Crippen molar-refractivity contribution in [1.29, 1.82) is 5.26 Å². The monoisotopic (exact) mass is 619 g/mol. The lowest BCUT2D eigenvalue weighted by molar-refractivity contribution is -0.0400. The molecule has 0 N–H and O–H groups in total. The molecule has 0 saturated heterocycles. The summed E-state index contributed by atoms with van der Waals surface area (Å²) < 4.78 is 0. The van der Waals surface area contributed by atoms with E-state index in [4.69, 9.17) is 15.0 Å². The molecule has 5 nitrogen and oxygen atoms in total. The van der Waals surface area contributed by atoms with Crippen LogP contribution in [0.2, 0.25) is 0 Å². The molecular formula is C43H33N5. The van der Waals surface area contributed by atoms with Gasteiger partial charge in [-0.25, -0.2) is 15.0 Å². The second kappa shape index (κ2) is 10.5. The topological polar surface area (TPSA) is 75.3 Å². The lowest BCUT2D eigenvalue weighted by Gasteiger charge is -2.61. The number of aromatic nitrogens is 4. The normalized spacial score (nSPS) is 24.3. The first kappa shape index (κ1) is 27.6. The van der Waals surface area contributed by atoms with Gasteiger partial charge in [0.2, 0.25) is 0 Å². The van der Waals surface area contributed by atoms with Gasteiger partial charge in [-0.2, -0.15) is 5.26 Å². The van der Waals surface area contributed by atoms with E-state index in [1.807, 2.05) is 24.3 Å². The molecule has 5 aliphatic rings. The molecule has 0 aliphatic heterocycles. The highest BCUT2D eigenvalue weighted by molar-refractivity contribution is 5.87. The van der Waals surface area contributed by atoms with Crippen LogP contribution in [-0.2, 0) is 5.41 Å². The van der Waals surface area contributed by atoms with Crippen LogP contribution >= 0.6 is 0 Å². The predicted molar refractivity (Wildman–Crippen MR) is 187 cm³/mol. The molecule has 0 radical (unpaired) electrons. The maximum Gasteiger partial charge on any atom is 0.164 e. The van der Waals surface area contributed by atoms with Crippen molar-refractivity contribution in [2.75, 3.05) is 0 Å². The minimum atomic E-state index is -0.115. The van der Waals surface area contributed by atoms with Crippen LogP contribution in [0.25, 0.3) is 56.4 Å². The van der Waals surface area contributed by atoms with Gasteiger partial charge in [0.25, 0.3) is 0 Å². The van der Waals surface area contributed by atoms with Crippen molar-refractivity contribution >= 4 is 0 Å². The van der Waals surface area contributed by atoms with Crippen molar-refractivity contribution in [3.63, 3.8) is 0 Å². The zero-order valence-electron chi connectivity index (χ0n) is 26.6. The molecule has 2 heterocycles. The summed E-state index contributed by atoms with van der Waals surface area (Å²) in [5, 5.41) is 10.3. The highest BCUT2D eigenvalue weighted by Crippen LogP contribution is 2.69. The molecule has 1 spiro atoms. The number of hydrogen-bond donors (Lipinski definition) is 0. The third-order valence-electron chi connectivity index (χ3n) is 11.8. The minimum Gasteiger partial charge on any atom is -0.263 e. The zero-order valence-corrected chi connectivity index (χ0v) is 26.6. The van der Waals surface area contributed by atoms with E-state index in [0.29, 0.717) is 34.9 Å². The standard InChI is InChI=1S/C43H33N5/c44-23-33-24-45-25-38-39(33)36-15-14-32(22-37(36)43(38)34-17-26-16-27(19-34)20-35(43)18-26)42-47-40(29-10-5-2-6-11-29)46-41(48-42)31-13-7-12-30(21-31)28-8-3-1-4-9-28/h1-15,21-22,24-27,34-35H,16-20H2. The van der Waals surface area contributed by atoms with Gasteiger partial charge in [-0.15, -0.1) is 0 Å². The van der Waals surface area contributed by atoms with E-state index in [2.05, 4.69) is 96.1 Å². The van der Waals surface area contributed by atoms with Crippen molar-refractivity contribution in [2.45, 2.75) is 37.5 Å². The Bertz CT molecular complexity index is 2240. The van der Waals surface area contributed by atoms with E-state index in [1.165, 1.54) is 48.8 Å². The fourth-order valence-electron chi connectivity index (χ4n) is 10.2. The Morgan fingerprint density at radius 1 is 0.542 bits per heavy atom. The lowest BCUT2D eigenvalue weighted by Crippen LogP contribution is -2.55. The largest absolute Gasteiger partial charge is 0.263 e. The van der Waals surface area contributed by atoms with E-state index in [0.717, 1.165) is 45.2 Å². The Morgan fingerprint density at radius 3 is 1.79 bits per heavy atom. The second-order valence-corrected chi connectivity index (χ2v) is 14.3. The molecule has 4 bridgehead atoms. The summed E-state index contributed by atoms with van der Waals surface area (Å²) in [5.41, 5.74) is 10.7. The van der Waals surface area contributed by atoms with Crippen LogP contribution in [0.15, 0.2) is 116 Å². The summed E-state index contributed by atoms with van der Waals surface area (Å²) in [5.74, 6) is 4.76. The average molecular weight is 620 g/mol. The van der Waals surface area contributed by atoms with Gasteiger partial charge in [0.05, 0.1) is 5.56 Å². The molecule has 0 unspecified atom stereocenters. The van der Waals surface area contributed by atoms with Gasteiger partial charge in [0.1, 0.15) is 6.07 Å². The number of pyridine rings is 1. The number of hydrogen-bond acceptors (Lipinski definition) is 5. The second-order valence-electron chi connectivity index (χ2n) is 14.3. The summed E-state index contributed by atoms with van der Waals surface area (Å²) in [6, 6.07) is 38.3. The molecule has 11 rings (SSSR count). The van der Waals surface area contributed by atoms with Crippen LogP contribution in [0.4, 0.5) is 0 Å². The number of fused-ring (bicyclic) bond motifs is 3.